The van der Waals surface area contributed by atoms with E-state index in [0.29, 0.717) is 17.5 Å². The molecule has 1 aromatic carbocycles. The molecule has 0 saturated heterocycles. The van der Waals surface area contributed by atoms with Crippen molar-refractivity contribution in [2.75, 3.05) is 25.6 Å². The summed E-state index contributed by atoms with van der Waals surface area (Å²) in [6.45, 7) is 2.39. The van der Waals surface area contributed by atoms with Crippen molar-refractivity contribution >= 4 is 33.9 Å². The van der Waals surface area contributed by atoms with Gasteiger partial charge < -0.3 is 9.64 Å². The SMILES string of the molecule is CCOC1=NC(=Cc2ccc(N(C)C)cc2)C(=O)S1. The maximum Gasteiger partial charge on any atom is 0.259 e. The van der Waals surface area contributed by atoms with E-state index in [2.05, 4.69) is 4.99 Å². The number of aliphatic imine (C=N–C) groups is 1. The van der Waals surface area contributed by atoms with E-state index >= 15 is 0 Å². The van der Waals surface area contributed by atoms with Crippen LogP contribution in [0.4, 0.5) is 5.69 Å². The van der Waals surface area contributed by atoms with Crippen molar-refractivity contribution in [3.63, 3.8) is 0 Å². The molecule has 1 aliphatic heterocycles. The van der Waals surface area contributed by atoms with E-state index in [1.54, 1.807) is 6.08 Å². The Kier molecular flexibility index (Phi) is 4.27. The molecular weight excluding hydrogens is 260 g/mol. The van der Waals surface area contributed by atoms with Crippen molar-refractivity contribution in [2.24, 2.45) is 4.99 Å². The number of rotatable bonds is 3. The van der Waals surface area contributed by atoms with Crippen molar-refractivity contribution in [2.45, 2.75) is 6.92 Å². The maximum atomic E-state index is 11.7. The molecule has 4 nitrogen and oxygen atoms in total. The van der Waals surface area contributed by atoms with Gasteiger partial charge in [0.05, 0.1) is 6.61 Å². The average Bonchev–Trinajstić information content (AvgIpc) is 2.71. The Hall–Kier alpha value is -1.75. The van der Waals surface area contributed by atoms with E-state index in [1.807, 2.05) is 50.2 Å². The van der Waals surface area contributed by atoms with Crippen LogP contribution >= 0.6 is 11.8 Å². The van der Waals surface area contributed by atoms with Crippen molar-refractivity contribution in [1.29, 1.82) is 0 Å². The minimum Gasteiger partial charge on any atom is -0.473 e. The number of nitrogens with zero attached hydrogens (tertiary/aromatic N) is 2. The Morgan fingerprint density at radius 2 is 2.00 bits per heavy atom. The van der Waals surface area contributed by atoms with Gasteiger partial charge in [0.2, 0.25) is 5.12 Å². The average molecular weight is 276 g/mol. The van der Waals surface area contributed by atoms with Gasteiger partial charge in [0.25, 0.3) is 5.23 Å². The Morgan fingerprint density at radius 3 is 2.58 bits per heavy atom. The molecule has 1 heterocycles. The summed E-state index contributed by atoms with van der Waals surface area (Å²) in [6, 6.07) is 7.95. The van der Waals surface area contributed by atoms with Crippen molar-refractivity contribution < 1.29 is 9.53 Å². The minimum absolute atomic E-state index is 0.0693. The van der Waals surface area contributed by atoms with Gasteiger partial charge in [-0.25, -0.2) is 4.99 Å². The predicted molar refractivity (Wildman–Crippen MR) is 80.4 cm³/mol. The van der Waals surface area contributed by atoms with E-state index in [1.165, 1.54) is 0 Å². The quantitative estimate of drug-likeness (QED) is 0.796. The number of ether oxygens (including phenoxy) is 1. The second-order valence-electron chi connectivity index (χ2n) is 4.22. The normalized spacial score (nSPS) is 16.7. The number of carbonyl (C=O) groups is 1. The summed E-state index contributed by atoms with van der Waals surface area (Å²) in [6.07, 6.45) is 1.78. The number of benzene rings is 1. The smallest absolute Gasteiger partial charge is 0.259 e. The summed E-state index contributed by atoms with van der Waals surface area (Å²) in [5.74, 6) is 0. The third-order valence-electron chi connectivity index (χ3n) is 2.58. The second kappa shape index (κ2) is 5.93. The van der Waals surface area contributed by atoms with E-state index < -0.39 is 0 Å². The lowest BCUT2D eigenvalue weighted by atomic mass is 10.1. The summed E-state index contributed by atoms with van der Waals surface area (Å²) >= 11 is 1.04. The minimum atomic E-state index is -0.0693. The van der Waals surface area contributed by atoms with Crippen LogP contribution in [0.1, 0.15) is 12.5 Å². The zero-order chi connectivity index (χ0) is 13.8. The number of anilines is 1. The molecule has 0 saturated carbocycles. The van der Waals surface area contributed by atoms with Crippen LogP contribution in [0.15, 0.2) is 35.0 Å². The van der Waals surface area contributed by atoms with Gasteiger partial charge in [-0.05, 0) is 30.7 Å². The van der Waals surface area contributed by atoms with Gasteiger partial charge in [0.15, 0.2) is 0 Å². The molecule has 0 aliphatic carbocycles. The van der Waals surface area contributed by atoms with Gasteiger partial charge in [0, 0.05) is 31.5 Å². The van der Waals surface area contributed by atoms with Gasteiger partial charge >= 0.3 is 0 Å². The lowest BCUT2D eigenvalue weighted by molar-refractivity contribution is -0.107. The molecule has 5 heteroatoms. The van der Waals surface area contributed by atoms with Crippen LogP contribution in [0.5, 0.6) is 0 Å². The predicted octanol–water partition coefficient (Wildman–Crippen LogP) is 2.76. The molecule has 0 N–H and O–H groups in total. The van der Waals surface area contributed by atoms with Crippen LogP contribution in [0.2, 0.25) is 0 Å². The zero-order valence-electron chi connectivity index (χ0n) is 11.2. The lowest BCUT2D eigenvalue weighted by Crippen LogP contribution is -2.07. The Labute approximate surface area is 117 Å². The van der Waals surface area contributed by atoms with Crippen molar-refractivity contribution in [3.05, 3.63) is 35.5 Å². The highest BCUT2D eigenvalue weighted by Crippen LogP contribution is 2.26. The molecule has 0 atom stereocenters. The third kappa shape index (κ3) is 3.38. The molecule has 2 rings (SSSR count). The molecule has 0 radical (unpaired) electrons. The van der Waals surface area contributed by atoms with Crippen LogP contribution in [-0.4, -0.2) is 31.0 Å². The highest BCUT2D eigenvalue weighted by molar-refractivity contribution is 8.26. The summed E-state index contributed by atoms with van der Waals surface area (Å²) in [4.78, 5) is 17.9. The molecule has 19 heavy (non-hydrogen) atoms. The van der Waals surface area contributed by atoms with Gasteiger partial charge in [-0.15, -0.1) is 0 Å². The van der Waals surface area contributed by atoms with Gasteiger partial charge in [-0.3, -0.25) is 4.79 Å². The molecule has 0 unspecified atom stereocenters. The first-order valence-electron chi connectivity index (χ1n) is 6.03. The van der Waals surface area contributed by atoms with Crippen LogP contribution in [0.3, 0.4) is 0 Å². The van der Waals surface area contributed by atoms with E-state index in [-0.39, 0.29) is 5.12 Å². The standard InChI is InChI=1S/C14H16N2O2S/c1-4-18-14-15-12(13(17)19-14)9-10-5-7-11(8-6-10)16(2)3/h5-9H,4H2,1-3H3. The highest BCUT2D eigenvalue weighted by Gasteiger charge is 2.23. The molecule has 0 bridgehead atoms. The highest BCUT2D eigenvalue weighted by atomic mass is 32.2. The first kappa shape index (κ1) is 13.7. The first-order valence-corrected chi connectivity index (χ1v) is 6.84. The van der Waals surface area contributed by atoms with E-state index in [9.17, 15) is 4.79 Å². The zero-order valence-corrected chi connectivity index (χ0v) is 12.0. The molecule has 1 aromatic rings. The number of hydrogen-bond donors (Lipinski definition) is 0. The fourth-order valence-electron chi connectivity index (χ4n) is 1.60. The largest absolute Gasteiger partial charge is 0.473 e. The topological polar surface area (TPSA) is 41.9 Å². The van der Waals surface area contributed by atoms with Gasteiger partial charge in [-0.2, -0.15) is 0 Å². The molecule has 0 fully saturated rings. The summed E-state index contributed by atoms with van der Waals surface area (Å²) < 4.78 is 5.24. The van der Waals surface area contributed by atoms with Crippen LogP contribution in [0, 0.1) is 0 Å². The Bertz CT molecular complexity index is 533. The molecule has 0 amide bonds. The molecule has 100 valence electrons. The molecule has 0 aromatic heterocycles. The molecule has 0 spiro atoms. The summed E-state index contributed by atoms with van der Waals surface area (Å²) in [7, 11) is 3.98. The lowest BCUT2D eigenvalue weighted by Gasteiger charge is -2.11. The fourth-order valence-corrected chi connectivity index (χ4v) is 2.29. The Morgan fingerprint density at radius 1 is 1.32 bits per heavy atom. The van der Waals surface area contributed by atoms with E-state index in [4.69, 9.17) is 4.74 Å². The van der Waals surface area contributed by atoms with Crippen LogP contribution < -0.4 is 4.90 Å². The van der Waals surface area contributed by atoms with Crippen LogP contribution in [-0.2, 0) is 9.53 Å². The van der Waals surface area contributed by atoms with E-state index in [0.717, 1.165) is 23.0 Å². The summed E-state index contributed by atoms with van der Waals surface area (Å²) in [5, 5.41) is 0.365. The first-order chi connectivity index (χ1) is 9.10. The Balaban J connectivity index is 2.19. The monoisotopic (exact) mass is 276 g/mol. The van der Waals surface area contributed by atoms with Gasteiger partial charge in [0.1, 0.15) is 5.70 Å². The van der Waals surface area contributed by atoms with Crippen LogP contribution in [0.25, 0.3) is 6.08 Å². The molecule has 1 aliphatic rings. The maximum absolute atomic E-state index is 11.7. The summed E-state index contributed by atoms with van der Waals surface area (Å²) in [5.41, 5.74) is 2.51. The molecular formula is C14H16N2O2S. The number of carbonyl (C=O) groups excluding carboxylic acids is 1. The second-order valence-corrected chi connectivity index (χ2v) is 5.14. The fraction of sp³-hybridized carbons (Fsp3) is 0.286. The number of hydrogen-bond acceptors (Lipinski definition) is 5. The number of thioether (sulfide) groups is 1. The van der Waals surface area contributed by atoms with Crippen molar-refractivity contribution in [3.8, 4) is 0 Å². The van der Waals surface area contributed by atoms with Gasteiger partial charge in [-0.1, -0.05) is 12.1 Å². The van der Waals surface area contributed by atoms with Crippen molar-refractivity contribution in [1.82, 2.24) is 0 Å². The third-order valence-corrected chi connectivity index (χ3v) is 3.36.